The van der Waals surface area contributed by atoms with Gasteiger partial charge in [-0.1, -0.05) is 57.2 Å². The average Bonchev–Trinajstić information content (AvgIpc) is 3.34. The van der Waals surface area contributed by atoms with E-state index < -0.39 is 20.4 Å². The highest BCUT2D eigenvalue weighted by Gasteiger charge is 2.41. The summed E-state index contributed by atoms with van der Waals surface area (Å²) in [7, 11) is -2.15. The minimum Gasteiger partial charge on any atom is -0.543 e. The van der Waals surface area contributed by atoms with Gasteiger partial charge in [0.05, 0.1) is 6.10 Å². The third kappa shape index (κ3) is 5.18. The molecule has 29 heavy (non-hydrogen) atoms. The van der Waals surface area contributed by atoms with Crippen molar-refractivity contribution in [1.82, 2.24) is 0 Å². The summed E-state index contributed by atoms with van der Waals surface area (Å²) in [5.41, 5.74) is 1.20. The van der Waals surface area contributed by atoms with Crippen molar-refractivity contribution in [2.45, 2.75) is 70.1 Å². The highest BCUT2D eigenvalue weighted by Crippen LogP contribution is 2.39. The highest BCUT2D eigenvalue weighted by molar-refractivity contribution is 6.74. The zero-order valence-corrected chi connectivity index (χ0v) is 19.0. The Balaban J connectivity index is 2.00. The third-order valence-corrected chi connectivity index (χ3v) is 10.3. The molecule has 0 aliphatic carbocycles. The van der Waals surface area contributed by atoms with Gasteiger partial charge in [0.25, 0.3) is 8.32 Å². The minimum atomic E-state index is -2.15. The Bertz CT molecular complexity index is 806. The lowest BCUT2D eigenvalue weighted by Gasteiger charge is -2.37. The number of aliphatic hydroxyl groups excluding tert-OH is 1. The molecule has 3 atom stereocenters. The maximum atomic E-state index is 13.2. The van der Waals surface area contributed by atoms with E-state index in [2.05, 4.69) is 33.9 Å². The van der Waals surface area contributed by atoms with Crippen molar-refractivity contribution >= 4 is 20.4 Å². The molecule has 0 bridgehead atoms. The molecule has 0 saturated carbocycles. The SMILES string of the molecule is CC(C)(C)[Si](C)(C)Oc1cccc2c1C(=O)O[C@@H](CCO)C[C@@H]1O[C@@H]1/C=C\C=C\2. The molecule has 6 heteroatoms. The second kappa shape index (κ2) is 8.46. The van der Waals surface area contributed by atoms with Crippen LogP contribution in [-0.2, 0) is 9.47 Å². The van der Waals surface area contributed by atoms with E-state index in [1.54, 1.807) is 0 Å². The van der Waals surface area contributed by atoms with Crippen LogP contribution in [0.5, 0.6) is 5.75 Å². The van der Waals surface area contributed by atoms with E-state index in [1.165, 1.54) is 0 Å². The second-order valence-corrected chi connectivity index (χ2v) is 14.0. The van der Waals surface area contributed by atoms with Crippen LogP contribution in [0.3, 0.4) is 0 Å². The van der Waals surface area contributed by atoms with Gasteiger partial charge in [0.1, 0.15) is 23.5 Å². The lowest BCUT2D eigenvalue weighted by Crippen LogP contribution is -2.44. The van der Waals surface area contributed by atoms with Gasteiger partial charge in [-0.15, -0.1) is 0 Å². The fourth-order valence-corrected chi connectivity index (χ4v) is 4.13. The number of hydrogen-bond acceptors (Lipinski definition) is 5. The largest absolute Gasteiger partial charge is 0.543 e. The first-order chi connectivity index (χ1) is 13.6. The summed E-state index contributed by atoms with van der Waals surface area (Å²) in [4.78, 5) is 13.2. The Morgan fingerprint density at radius 1 is 1.24 bits per heavy atom. The number of carbonyl (C=O) groups is 1. The number of allylic oxidation sites excluding steroid dienone is 2. The molecule has 1 aromatic rings. The van der Waals surface area contributed by atoms with Crippen molar-refractivity contribution in [2.75, 3.05) is 6.61 Å². The van der Waals surface area contributed by atoms with Crippen LogP contribution in [0, 0.1) is 0 Å². The number of hydrogen-bond donors (Lipinski definition) is 1. The maximum absolute atomic E-state index is 13.2. The van der Waals surface area contributed by atoms with Gasteiger partial charge in [-0.3, -0.25) is 0 Å². The van der Waals surface area contributed by atoms with Gasteiger partial charge in [-0.05, 0) is 29.8 Å². The molecule has 5 nitrogen and oxygen atoms in total. The first kappa shape index (κ1) is 21.8. The summed E-state index contributed by atoms with van der Waals surface area (Å²) in [6, 6.07) is 5.64. The number of epoxide rings is 1. The van der Waals surface area contributed by atoms with Crippen LogP contribution in [0.2, 0.25) is 18.1 Å². The summed E-state index contributed by atoms with van der Waals surface area (Å²) >= 11 is 0. The highest BCUT2D eigenvalue weighted by atomic mass is 28.4. The molecule has 0 radical (unpaired) electrons. The maximum Gasteiger partial charge on any atom is 0.342 e. The second-order valence-electron chi connectivity index (χ2n) is 9.24. The van der Waals surface area contributed by atoms with Gasteiger partial charge < -0.3 is 19.0 Å². The van der Waals surface area contributed by atoms with E-state index in [9.17, 15) is 9.90 Å². The zero-order chi connectivity index (χ0) is 21.2. The van der Waals surface area contributed by atoms with Crippen molar-refractivity contribution in [1.29, 1.82) is 0 Å². The van der Waals surface area contributed by atoms with Crippen LogP contribution in [0.25, 0.3) is 6.08 Å². The molecular weight excluding hydrogens is 384 g/mol. The van der Waals surface area contributed by atoms with Crippen LogP contribution in [0.4, 0.5) is 0 Å². The molecule has 3 rings (SSSR count). The Morgan fingerprint density at radius 3 is 2.69 bits per heavy atom. The van der Waals surface area contributed by atoms with Gasteiger partial charge in [-0.25, -0.2) is 4.79 Å². The molecular formula is C23H32O5Si. The molecule has 1 aromatic carbocycles. The normalized spacial score (nSPS) is 26.8. The molecule has 0 aromatic heterocycles. The van der Waals surface area contributed by atoms with E-state index in [0.717, 1.165) is 5.56 Å². The third-order valence-electron chi connectivity index (χ3n) is 5.96. The Labute approximate surface area is 174 Å². The number of rotatable bonds is 4. The molecule has 0 unspecified atom stereocenters. The van der Waals surface area contributed by atoms with Crippen LogP contribution in [-0.4, -0.2) is 44.3 Å². The summed E-state index contributed by atoms with van der Waals surface area (Å²) in [5.74, 6) is 0.146. The van der Waals surface area contributed by atoms with Crippen molar-refractivity contribution in [3.63, 3.8) is 0 Å². The predicted molar refractivity (Wildman–Crippen MR) is 117 cm³/mol. The van der Waals surface area contributed by atoms with E-state index >= 15 is 0 Å². The number of cyclic esters (lactones) is 1. The first-order valence-electron chi connectivity index (χ1n) is 10.3. The molecule has 2 heterocycles. The average molecular weight is 417 g/mol. The number of ether oxygens (including phenoxy) is 2. The Morgan fingerprint density at radius 2 is 2.00 bits per heavy atom. The summed E-state index contributed by atoms with van der Waals surface area (Å²) in [5, 5.41) is 9.41. The molecule has 1 N–H and O–H groups in total. The van der Waals surface area contributed by atoms with E-state index in [4.69, 9.17) is 13.9 Å². The van der Waals surface area contributed by atoms with Crippen molar-refractivity contribution in [2.24, 2.45) is 0 Å². The van der Waals surface area contributed by atoms with Crippen molar-refractivity contribution < 1.29 is 23.8 Å². The Hall–Kier alpha value is -1.89. The Kier molecular flexibility index (Phi) is 6.36. The van der Waals surface area contributed by atoms with E-state index in [-0.39, 0.29) is 23.9 Å². The number of aliphatic hydroxyl groups is 1. The fourth-order valence-electron chi connectivity index (χ4n) is 3.11. The van der Waals surface area contributed by atoms with Crippen LogP contribution < -0.4 is 4.43 Å². The summed E-state index contributed by atoms with van der Waals surface area (Å²) < 4.78 is 18.0. The lowest BCUT2D eigenvalue weighted by atomic mass is 10.0. The number of esters is 1. The van der Waals surface area contributed by atoms with Gasteiger partial charge >= 0.3 is 5.97 Å². The topological polar surface area (TPSA) is 68.3 Å². The lowest BCUT2D eigenvalue weighted by molar-refractivity contribution is 0.0200. The number of benzene rings is 1. The van der Waals surface area contributed by atoms with Crippen LogP contribution in [0.15, 0.2) is 36.4 Å². The van der Waals surface area contributed by atoms with Crippen LogP contribution in [0.1, 0.15) is 49.5 Å². The number of carbonyl (C=O) groups excluding carboxylic acids is 1. The summed E-state index contributed by atoms with van der Waals surface area (Å²) in [6.07, 6.45) is 8.41. The predicted octanol–water partition coefficient (Wildman–Crippen LogP) is 4.72. The quantitative estimate of drug-likeness (QED) is 0.437. The monoisotopic (exact) mass is 416 g/mol. The van der Waals surface area contributed by atoms with Crippen molar-refractivity contribution in [3.05, 3.63) is 47.6 Å². The molecule has 0 spiro atoms. The molecule has 1 saturated heterocycles. The molecule has 158 valence electrons. The molecule has 1 fully saturated rings. The molecule has 2 aliphatic heterocycles. The molecule has 0 amide bonds. The van der Waals surface area contributed by atoms with Crippen molar-refractivity contribution in [3.8, 4) is 5.75 Å². The van der Waals surface area contributed by atoms with E-state index in [0.29, 0.717) is 24.2 Å². The first-order valence-corrected chi connectivity index (χ1v) is 13.2. The van der Waals surface area contributed by atoms with E-state index in [1.807, 2.05) is 42.5 Å². The van der Waals surface area contributed by atoms with Crippen LogP contribution >= 0.6 is 0 Å². The minimum absolute atomic E-state index is 0.00133. The zero-order valence-electron chi connectivity index (χ0n) is 18.0. The smallest absolute Gasteiger partial charge is 0.342 e. The fraction of sp³-hybridized carbons (Fsp3) is 0.522. The van der Waals surface area contributed by atoms with Gasteiger partial charge in [-0.2, -0.15) is 0 Å². The van der Waals surface area contributed by atoms with Gasteiger partial charge in [0.15, 0.2) is 0 Å². The summed E-state index contributed by atoms with van der Waals surface area (Å²) in [6.45, 7) is 10.8. The number of fused-ring (bicyclic) bond motifs is 2. The van der Waals surface area contributed by atoms with Gasteiger partial charge in [0.2, 0.25) is 0 Å². The standard InChI is InChI=1S/C23H32O5Si/c1-23(2,3)29(4,5)28-19-12-8-10-16-9-6-7-11-18-20(27-18)15-17(13-14-24)26-22(25)21(16)19/h6-12,17-18,20,24H,13-15H2,1-5H3/b9-6+,11-7-/t17-,18+,20-/m0/s1. The van der Waals surface area contributed by atoms with Gasteiger partial charge in [0, 0.05) is 19.4 Å². The molecule has 2 aliphatic rings.